The van der Waals surface area contributed by atoms with Crippen molar-refractivity contribution in [2.45, 2.75) is 20.3 Å². The first-order valence-corrected chi connectivity index (χ1v) is 8.20. The lowest BCUT2D eigenvalue weighted by molar-refractivity contribution is 0.0687. The maximum absolute atomic E-state index is 12.5. The number of carbonyl (C=O) groups is 2. The van der Waals surface area contributed by atoms with Gasteiger partial charge in [0.1, 0.15) is 5.69 Å². The van der Waals surface area contributed by atoms with Gasteiger partial charge in [0.15, 0.2) is 0 Å². The van der Waals surface area contributed by atoms with Gasteiger partial charge in [0.2, 0.25) is 0 Å². The zero-order valence-electron chi connectivity index (χ0n) is 14.3. The van der Waals surface area contributed by atoms with Crippen molar-refractivity contribution >= 4 is 17.4 Å². The van der Waals surface area contributed by atoms with Crippen molar-refractivity contribution < 1.29 is 14.7 Å². The minimum atomic E-state index is -1.10. The number of hydrogen-bond donors (Lipinski definition) is 1. The molecule has 0 saturated carbocycles. The van der Waals surface area contributed by atoms with E-state index in [9.17, 15) is 9.59 Å². The quantitative estimate of drug-likeness (QED) is 0.933. The van der Waals surface area contributed by atoms with Crippen LogP contribution in [0, 0.1) is 13.8 Å². The van der Waals surface area contributed by atoms with Crippen molar-refractivity contribution in [3.8, 4) is 0 Å². The lowest BCUT2D eigenvalue weighted by Crippen LogP contribution is -2.34. The molecule has 0 fully saturated rings. The van der Waals surface area contributed by atoms with Gasteiger partial charge in [0.05, 0.1) is 5.56 Å². The van der Waals surface area contributed by atoms with Crippen molar-refractivity contribution in [2.24, 2.45) is 0 Å². The maximum atomic E-state index is 12.5. The number of nitrogens with zero attached hydrogens (tertiary/aromatic N) is 2. The summed E-state index contributed by atoms with van der Waals surface area (Å²) in [7, 11) is 0. The van der Waals surface area contributed by atoms with Crippen LogP contribution < -0.4 is 0 Å². The Morgan fingerprint density at radius 3 is 2.36 bits per heavy atom. The molecule has 0 saturated heterocycles. The van der Waals surface area contributed by atoms with Crippen LogP contribution in [-0.4, -0.2) is 40.0 Å². The molecule has 0 bridgehead atoms. The zero-order valence-corrected chi connectivity index (χ0v) is 14.3. The predicted octanol–water partition coefficient (Wildman–Crippen LogP) is 3.33. The van der Waals surface area contributed by atoms with Gasteiger partial charge in [0, 0.05) is 19.3 Å². The molecule has 0 unspecified atom stereocenters. The fourth-order valence-corrected chi connectivity index (χ4v) is 3.11. The number of benzene rings is 1. The molecule has 0 spiro atoms. The summed E-state index contributed by atoms with van der Waals surface area (Å²) in [5.74, 6) is -1.22. The second-order valence-corrected chi connectivity index (χ2v) is 6.34. The van der Waals surface area contributed by atoms with Crippen molar-refractivity contribution in [3.05, 3.63) is 70.6 Å². The molecule has 1 aliphatic heterocycles. The highest BCUT2D eigenvalue weighted by atomic mass is 16.4. The molecule has 1 N–H and O–H groups in total. The van der Waals surface area contributed by atoms with Gasteiger partial charge in [0.25, 0.3) is 5.91 Å². The summed E-state index contributed by atoms with van der Waals surface area (Å²) in [5, 5.41) is 8.87. The van der Waals surface area contributed by atoms with E-state index in [1.807, 2.05) is 0 Å². The number of aryl methyl sites for hydroxylation is 2. The van der Waals surface area contributed by atoms with E-state index in [0.717, 1.165) is 6.42 Å². The van der Waals surface area contributed by atoms with E-state index in [1.54, 1.807) is 4.90 Å². The van der Waals surface area contributed by atoms with E-state index in [4.69, 9.17) is 5.11 Å². The number of carbonyl (C=O) groups excluding carboxylic acids is 1. The van der Waals surface area contributed by atoms with E-state index in [2.05, 4.69) is 43.1 Å². The van der Waals surface area contributed by atoms with E-state index in [-0.39, 0.29) is 11.6 Å². The average molecular weight is 336 g/mol. The van der Waals surface area contributed by atoms with Gasteiger partial charge < -0.3 is 10.0 Å². The summed E-state index contributed by atoms with van der Waals surface area (Å²) in [4.78, 5) is 28.9. The topological polar surface area (TPSA) is 70.5 Å². The molecule has 2 heterocycles. The highest BCUT2D eigenvalue weighted by Crippen LogP contribution is 2.25. The Labute approximate surface area is 146 Å². The van der Waals surface area contributed by atoms with Crippen molar-refractivity contribution in [3.63, 3.8) is 0 Å². The molecule has 128 valence electrons. The second-order valence-electron chi connectivity index (χ2n) is 6.34. The van der Waals surface area contributed by atoms with E-state index >= 15 is 0 Å². The summed E-state index contributed by atoms with van der Waals surface area (Å²) >= 11 is 0. The molecule has 5 heteroatoms. The third-order valence-electron chi connectivity index (χ3n) is 4.32. The largest absolute Gasteiger partial charge is 0.477 e. The van der Waals surface area contributed by atoms with Crippen LogP contribution in [-0.2, 0) is 0 Å². The number of rotatable bonds is 3. The van der Waals surface area contributed by atoms with E-state index in [0.29, 0.717) is 18.7 Å². The number of pyridine rings is 1. The van der Waals surface area contributed by atoms with Crippen LogP contribution in [0.25, 0.3) is 5.57 Å². The molecular weight excluding hydrogens is 316 g/mol. The monoisotopic (exact) mass is 336 g/mol. The third kappa shape index (κ3) is 3.76. The molecule has 25 heavy (non-hydrogen) atoms. The second kappa shape index (κ2) is 6.89. The smallest absolute Gasteiger partial charge is 0.354 e. The Balaban J connectivity index is 1.73. The summed E-state index contributed by atoms with van der Waals surface area (Å²) in [6.07, 6.45) is 4.22. The average Bonchev–Trinajstić information content (AvgIpc) is 2.60. The third-order valence-corrected chi connectivity index (χ3v) is 4.32. The summed E-state index contributed by atoms with van der Waals surface area (Å²) in [5.41, 5.74) is 5.30. The predicted molar refractivity (Wildman–Crippen MR) is 95.6 cm³/mol. The van der Waals surface area contributed by atoms with Crippen LogP contribution in [0.15, 0.2) is 42.6 Å². The molecule has 1 aliphatic rings. The minimum absolute atomic E-state index is 0.0628. The molecule has 5 nitrogen and oxygen atoms in total. The summed E-state index contributed by atoms with van der Waals surface area (Å²) < 4.78 is 0. The van der Waals surface area contributed by atoms with Gasteiger partial charge in [-0.15, -0.1) is 0 Å². The summed E-state index contributed by atoms with van der Waals surface area (Å²) in [6, 6.07) is 9.37. The Morgan fingerprint density at radius 1 is 1.12 bits per heavy atom. The number of aromatic carboxylic acids is 1. The summed E-state index contributed by atoms with van der Waals surface area (Å²) in [6.45, 7) is 5.35. The molecule has 3 rings (SSSR count). The molecule has 1 aromatic heterocycles. The standard InChI is InChI=1S/C20H20N2O3/c1-13-9-14(2)11-17(10-13)15-5-7-22(8-6-15)19(23)16-3-4-18(20(24)25)21-12-16/h3-5,9-12H,6-8H2,1-2H3,(H,24,25). The lowest BCUT2D eigenvalue weighted by atomic mass is 9.96. The maximum Gasteiger partial charge on any atom is 0.354 e. The normalized spacial score (nSPS) is 14.2. The van der Waals surface area contributed by atoms with Gasteiger partial charge >= 0.3 is 5.97 Å². The van der Waals surface area contributed by atoms with E-state index < -0.39 is 5.97 Å². The molecular formula is C20H20N2O3. The Morgan fingerprint density at radius 2 is 1.84 bits per heavy atom. The van der Waals surface area contributed by atoms with Crippen molar-refractivity contribution in [1.82, 2.24) is 9.88 Å². The van der Waals surface area contributed by atoms with Crippen LogP contribution in [0.1, 0.15) is 44.0 Å². The van der Waals surface area contributed by atoms with Gasteiger partial charge in [-0.1, -0.05) is 35.4 Å². The number of aromatic nitrogens is 1. The van der Waals surface area contributed by atoms with Crippen LogP contribution in [0.5, 0.6) is 0 Å². The first-order chi connectivity index (χ1) is 11.9. The number of amides is 1. The first kappa shape index (κ1) is 16.9. The van der Waals surface area contributed by atoms with Crippen LogP contribution in [0.3, 0.4) is 0 Å². The molecule has 0 radical (unpaired) electrons. The Hall–Kier alpha value is -2.95. The number of carboxylic acids is 1. The van der Waals surface area contributed by atoms with Crippen molar-refractivity contribution in [2.75, 3.05) is 13.1 Å². The highest BCUT2D eigenvalue weighted by molar-refractivity contribution is 5.95. The molecule has 2 aromatic rings. The van der Waals surface area contributed by atoms with Crippen LogP contribution >= 0.6 is 0 Å². The Bertz CT molecular complexity index is 833. The molecule has 0 aliphatic carbocycles. The highest BCUT2D eigenvalue weighted by Gasteiger charge is 2.20. The van der Waals surface area contributed by atoms with Gasteiger partial charge in [-0.2, -0.15) is 0 Å². The number of hydrogen-bond acceptors (Lipinski definition) is 3. The zero-order chi connectivity index (χ0) is 18.0. The van der Waals surface area contributed by atoms with Gasteiger partial charge in [-0.25, -0.2) is 9.78 Å². The van der Waals surface area contributed by atoms with Crippen LogP contribution in [0.4, 0.5) is 0 Å². The SMILES string of the molecule is Cc1cc(C)cc(C2=CCN(C(=O)c3ccc(C(=O)O)nc3)CC2)c1. The fourth-order valence-electron chi connectivity index (χ4n) is 3.11. The van der Waals surface area contributed by atoms with Gasteiger partial charge in [-0.05, 0) is 43.5 Å². The lowest BCUT2D eigenvalue weighted by Gasteiger charge is -2.27. The van der Waals surface area contributed by atoms with Crippen LogP contribution in [0.2, 0.25) is 0 Å². The molecule has 1 amide bonds. The van der Waals surface area contributed by atoms with E-state index in [1.165, 1.54) is 40.6 Å². The minimum Gasteiger partial charge on any atom is -0.477 e. The molecule has 1 aromatic carbocycles. The number of carboxylic acid groups (broad SMARTS) is 1. The fraction of sp³-hybridized carbons (Fsp3) is 0.250. The Kier molecular flexibility index (Phi) is 4.65. The van der Waals surface area contributed by atoms with Gasteiger partial charge in [-0.3, -0.25) is 4.79 Å². The van der Waals surface area contributed by atoms with Crippen molar-refractivity contribution in [1.29, 1.82) is 0 Å². The molecule has 0 atom stereocenters. The first-order valence-electron chi connectivity index (χ1n) is 8.20.